The van der Waals surface area contributed by atoms with Crippen LogP contribution in [0.15, 0.2) is 0 Å². The van der Waals surface area contributed by atoms with Crippen molar-refractivity contribution in [1.29, 1.82) is 0 Å². The van der Waals surface area contributed by atoms with Crippen molar-refractivity contribution >= 4 is 23.6 Å². The Labute approximate surface area is 190 Å². The number of esters is 1. The molecule has 182 valence electrons. The van der Waals surface area contributed by atoms with Crippen molar-refractivity contribution in [3.63, 3.8) is 0 Å². The number of nitrogens with zero attached hydrogens (tertiary/aromatic N) is 1. The molecule has 9 heteroatoms. The van der Waals surface area contributed by atoms with Gasteiger partial charge in [-0.3, -0.25) is 14.4 Å². The molecule has 2 saturated heterocycles. The number of ether oxygens (including phenoxy) is 3. The number of carbonyl (C=O) groups excluding carboxylic acids is 4. The van der Waals surface area contributed by atoms with Crippen molar-refractivity contribution in [3.8, 4) is 0 Å². The maximum Gasteiger partial charge on any atom is 0.425 e. The van der Waals surface area contributed by atoms with E-state index >= 15 is 0 Å². The Balaban J connectivity index is 2.57. The lowest BCUT2D eigenvalue weighted by molar-refractivity contribution is -0.171. The third kappa shape index (κ3) is 4.69. The summed E-state index contributed by atoms with van der Waals surface area (Å²) >= 11 is 0. The molecular formula is C23H38N2O7. The molecule has 2 aliphatic heterocycles. The van der Waals surface area contributed by atoms with Crippen molar-refractivity contribution in [2.45, 2.75) is 91.1 Å². The second kappa shape index (κ2) is 9.47. The number of amides is 1. The number of methoxy groups -OCH3 is 1. The summed E-state index contributed by atoms with van der Waals surface area (Å²) in [5, 5.41) is 0.920. The number of Topliss-reactive ketones (excluding diaryl/α,β-unsaturated/α-hetero) is 2. The second-order valence-corrected chi connectivity index (χ2v) is 9.92. The first-order chi connectivity index (χ1) is 14.7. The number of hydrazine groups is 1. The summed E-state index contributed by atoms with van der Waals surface area (Å²) in [6, 6.07) is -0.843. The van der Waals surface area contributed by atoms with Crippen molar-refractivity contribution in [3.05, 3.63) is 0 Å². The number of ketones is 2. The standard InChI is InChI=1S/C23H38N2O7/c1-9-16-23(7)19(25(24)21(29)32-23)14(4)17(26)12(2)10-22(6,30-8)11-13(3)18(27)15(5)20(28)31-16/h12-16,19H,9-11,24H2,1-8H3/t12-,13-,14+,15-,16-,19-,22-,23-/m1/s1. The van der Waals surface area contributed by atoms with E-state index in [2.05, 4.69) is 0 Å². The number of hydrogen-bond acceptors (Lipinski definition) is 8. The van der Waals surface area contributed by atoms with Gasteiger partial charge in [-0.2, -0.15) is 0 Å². The molecule has 0 aliphatic carbocycles. The van der Waals surface area contributed by atoms with Crippen LogP contribution in [0.25, 0.3) is 0 Å². The van der Waals surface area contributed by atoms with Crippen LogP contribution in [0.5, 0.6) is 0 Å². The lowest BCUT2D eigenvalue weighted by Crippen LogP contribution is -2.59. The van der Waals surface area contributed by atoms with Crippen LogP contribution in [-0.2, 0) is 28.6 Å². The first-order valence-corrected chi connectivity index (χ1v) is 11.3. The molecule has 0 unspecified atom stereocenters. The molecule has 2 aliphatic rings. The average Bonchev–Trinajstić information content (AvgIpc) is 2.97. The van der Waals surface area contributed by atoms with E-state index in [1.807, 2.05) is 13.8 Å². The fraction of sp³-hybridized carbons (Fsp3) is 0.826. The number of rotatable bonds is 2. The molecule has 0 saturated carbocycles. The zero-order valence-corrected chi connectivity index (χ0v) is 20.5. The molecule has 0 spiro atoms. The quantitative estimate of drug-likeness (QED) is 0.292. The molecule has 0 bridgehead atoms. The van der Waals surface area contributed by atoms with E-state index in [0.717, 1.165) is 5.01 Å². The van der Waals surface area contributed by atoms with E-state index in [-0.39, 0.29) is 11.6 Å². The van der Waals surface area contributed by atoms with E-state index in [0.29, 0.717) is 19.3 Å². The predicted octanol–water partition coefficient (Wildman–Crippen LogP) is 2.64. The minimum Gasteiger partial charge on any atom is -0.458 e. The van der Waals surface area contributed by atoms with Gasteiger partial charge in [0, 0.05) is 24.9 Å². The molecule has 2 rings (SSSR count). The Bertz CT molecular complexity index is 771. The summed E-state index contributed by atoms with van der Waals surface area (Å²) in [4.78, 5) is 51.8. The molecule has 2 fully saturated rings. The fourth-order valence-electron chi connectivity index (χ4n) is 5.43. The molecule has 0 aromatic heterocycles. The summed E-state index contributed by atoms with van der Waals surface area (Å²) in [6.45, 7) is 12.1. The zero-order valence-electron chi connectivity index (χ0n) is 20.5. The monoisotopic (exact) mass is 454 g/mol. The Morgan fingerprint density at radius 2 is 1.56 bits per heavy atom. The van der Waals surface area contributed by atoms with E-state index in [1.54, 1.807) is 34.8 Å². The Kier molecular flexibility index (Phi) is 7.77. The SMILES string of the molecule is CC[C@H]1OC(=O)[C@H](C)C(=O)[C@H](C)C[C@](C)(OC)C[C@@H](C)C(=O)[C@H](C)[C@H]2N(N)C(=O)O[C@]12C. The van der Waals surface area contributed by atoms with Crippen LogP contribution in [-0.4, -0.2) is 59.1 Å². The van der Waals surface area contributed by atoms with Gasteiger partial charge in [-0.1, -0.05) is 27.7 Å². The van der Waals surface area contributed by atoms with Crippen LogP contribution in [0.3, 0.4) is 0 Å². The maximum atomic E-state index is 13.4. The summed E-state index contributed by atoms with van der Waals surface area (Å²) in [6.07, 6.45) is -0.615. The lowest BCUT2D eigenvalue weighted by Gasteiger charge is -2.40. The van der Waals surface area contributed by atoms with Gasteiger partial charge in [-0.25, -0.2) is 15.6 Å². The third-order valence-corrected chi connectivity index (χ3v) is 7.32. The summed E-state index contributed by atoms with van der Waals surface area (Å²) in [7, 11) is 1.55. The zero-order chi connectivity index (χ0) is 24.6. The van der Waals surface area contributed by atoms with Gasteiger partial charge in [0.2, 0.25) is 0 Å². The molecule has 32 heavy (non-hydrogen) atoms. The number of nitrogens with two attached hydrogens (primary N) is 1. The van der Waals surface area contributed by atoms with Gasteiger partial charge in [0.15, 0.2) is 5.60 Å². The molecule has 0 radical (unpaired) electrons. The molecule has 1 amide bonds. The van der Waals surface area contributed by atoms with Crippen LogP contribution >= 0.6 is 0 Å². The normalized spacial score (nSPS) is 42.2. The third-order valence-electron chi connectivity index (χ3n) is 7.32. The van der Waals surface area contributed by atoms with Gasteiger partial charge in [0.25, 0.3) is 0 Å². The van der Waals surface area contributed by atoms with Crippen LogP contribution in [0.4, 0.5) is 4.79 Å². The molecule has 0 aromatic carbocycles. The van der Waals surface area contributed by atoms with Crippen molar-refractivity contribution in [2.24, 2.45) is 29.5 Å². The van der Waals surface area contributed by atoms with Crippen molar-refractivity contribution in [1.82, 2.24) is 5.01 Å². The van der Waals surface area contributed by atoms with Gasteiger partial charge in [-0.15, -0.1) is 0 Å². The van der Waals surface area contributed by atoms with Crippen LogP contribution < -0.4 is 5.84 Å². The highest BCUT2D eigenvalue weighted by atomic mass is 16.6. The van der Waals surface area contributed by atoms with Gasteiger partial charge in [-0.05, 0) is 40.0 Å². The Hall–Kier alpha value is -2.00. The van der Waals surface area contributed by atoms with E-state index in [4.69, 9.17) is 20.1 Å². The number of carbonyl (C=O) groups is 4. The summed E-state index contributed by atoms with van der Waals surface area (Å²) in [5.41, 5.74) is -2.11. The molecule has 8 atom stereocenters. The van der Waals surface area contributed by atoms with Crippen LogP contribution in [0.2, 0.25) is 0 Å². The molecule has 2 heterocycles. The summed E-state index contributed by atoms with van der Waals surface area (Å²) in [5.74, 6) is 2.41. The van der Waals surface area contributed by atoms with Gasteiger partial charge >= 0.3 is 12.1 Å². The molecule has 9 nitrogen and oxygen atoms in total. The minimum absolute atomic E-state index is 0.108. The van der Waals surface area contributed by atoms with Gasteiger partial charge in [0.1, 0.15) is 29.6 Å². The number of fused-ring (bicyclic) bond motifs is 1. The fourth-order valence-corrected chi connectivity index (χ4v) is 5.43. The first kappa shape index (κ1) is 26.3. The largest absolute Gasteiger partial charge is 0.458 e. The van der Waals surface area contributed by atoms with E-state index in [9.17, 15) is 19.2 Å². The number of hydrogen-bond donors (Lipinski definition) is 1. The molecule has 0 aromatic rings. The summed E-state index contributed by atoms with van der Waals surface area (Å²) < 4.78 is 17.0. The molecular weight excluding hydrogens is 416 g/mol. The average molecular weight is 455 g/mol. The highest BCUT2D eigenvalue weighted by molar-refractivity contribution is 5.99. The topological polar surface area (TPSA) is 125 Å². The van der Waals surface area contributed by atoms with Crippen molar-refractivity contribution < 1.29 is 33.4 Å². The lowest BCUT2D eigenvalue weighted by atomic mass is 9.74. The van der Waals surface area contributed by atoms with Crippen LogP contribution in [0.1, 0.15) is 67.7 Å². The van der Waals surface area contributed by atoms with Crippen molar-refractivity contribution in [2.75, 3.05) is 7.11 Å². The van der Waals surface area contributed by atoms with E-state index in [1.165, 1.54) is 6.92 Å². The highest BCUT2D eigenvalue weighted by Gasteiger charge is 2.59. The smallest absolute Gasteiger partial charge is 0.425 e. The molecule has 2 N–H and O–H groups in total. The minimum atomic E-state index is -1.35. The van der Waals surface area contributed by atoms with E-state index < -0.39 is 59.1 Å². The maximum absolute atomic E-state index is 13.4. The number of cyclic esters (lactones) is 1. The highest BCUT2D eigenvalue weighted by Crippen LogP contribution is 2.40. The predicted molar refractivity (Wildman–Crippen MR) is 116 cm³/mol. The Morgan fingerprint density at radius 3 is 2.06 bits per heavy atom. The second-order valence-electron chi connectivity index (χ2n) is 9.92. The van der Waals surface area contributed by atoms with Gasteiger partial charge in [0.05, 0.1) is 5.60 Å². The van der Waals surface area contributed by atoms with Gasteiger partial charge < -0.3 is 14.2 Å². The van der Waals surface area contributed by atoms with Crippen LogP contribution in [0, 0.1) is 23.7 Å². The first-order valence-electron chi connectivity index (χ1n) is 11.3. The Morgan fingerprint density at radius 1 is 1.03 bits per heavy atom.